The minimum Gasteiger partial charge on any atom is -0.460 e. The van der Waals surface area contributed by atoms with Crippen molar-refractivity contribution in [2.75, 3.05) is 0 Å². The molecule has 134 valence electrons. The van der Waals surface area contributed by atoms with Gasteiger partial charge in [0.25, 0.3) is 0 Å². The Morgan fingerprint density at radius 1 is 1.32 bits per heavy atom. The molecular weight excluding hydrogens is 320 g/mol. The number of aryl methyl sites for hydroxylation is 1. The quantitative estimate of drug-likeness (QED) is 0.601. The Hall–Kier alpha value is -1.88. The average Bonchev–Trinajstić information content (AvgIpc) is 3.00. The normalized spacial score (nSPS) is 39.3. The summed E-state index contributed by atoms with van der Waals surface area (Å²) in [6.45, 7) is 9.66. The maximum atomic E-state index is 13.0. The minimum atomic E-state index is -0.891. The Kier molecular flexibility index (Phi) is 3.36. The number of ether oxygens (including phenoxy) is 2. The third-order valence-corrected chi connectivity index (χ3v) is 6.60. The third-order valence-electron chi connectivity index (χ3n) is 6.60. The minimum absolute atomic E-state index is 0.0771. The lowest BCUT2D eigenvalue weighted by atomic mass is 9.58. The van der Waals surface area contributed by atoms with Crippen molar-refractivity contribution in [3.63, 3.8) is 0 Å². The number of hydrogen-bond donors (Lipinski definition) is 0. The molecule has 0 saturated carbocycles. The van der Waals surface area contributed by atoms with Gasteiger partial charge in [-0.2, -0.15) is 0 Å². The number of hydrogen-bond acceptors (Lipinski definition) is 5. The predicted molar refractivity (Wildman–Crippen MR) is 90.1 cm³/mol. The van der Waals surface area contributed by atoms with Crippen molar-refractivity contribution in [1.82, 2.24) is 0 Å². The van der Waals surface area contributed by atoms with Crippen LogP contribution in [-0.2, 0) is 14.3 Å². The number of fused-ring (bicyclic) bond motifs is 2. The molecule has 5 heteroatoms. The molecule has 2 heterocycles. The van der Waals surface area contributed by atoms with Crippen LogP contribution in [0.1, 0.15) is 68.3 Å². The van der Waals surface area contributed by atoms with Crippen LogP contribution in [0.25, 0.3) is 0 Å². The number of carbonyl (C=O) groups excluding carboxylic acids is 2. The lowest BCUT2D eigenvalue weighted by Gasteiger charge is -2.47. The van der Waals surface area contributed by atoms with E-state index in [1.807, 2.05) is 26.8 Å². The molecule has 1 aromatic heterocycles. The SMILES string of the molecule is Cc1coc2c1[C@H](OC(=O)[C@@]1(C)O[C@H]1C)[C@@]1(C)C(=CCC[C@@H]1C)C2=O. The summed E-state index contributed by atoms with van der Waals surface area (Å²) in [7, 11) is 0. The fraction of sp³-hybridized carbons (Fsp3) is 0.600. The molecule has 1 fully saturated rings. The van der Waals surface area contributed by atoms with Gasteiger partial charge in [0.2, 0.25) is 5.78 Å². The summed E-state index contributed by atoms with van der Waals surface area (Å²) >= 11 is 0. The summed E-state index contributed by atoms with van der Waals surface area (Å²) < 4.78 is 17.0. The number of allylic oxidation sites excluding steroid dienone is 1. The molecule has 4 rings (SSSR count). The van der Waals surface area contributed by atoms with Gasteiger partial charge in [-0.05, 0) is 45.1 Å². The van der Waals surface area contributed by atoms with E-state index in [4.69, 9.17) is 13.9 Å². The van der Waals surface area contributed by atoms with Gasteiger partial charge in [0.05, 0.1) is 12.4 Å². The average molecular weight is 344 g/mol. The van der Waals surface area contributed by atoms with Crippen molar-refractivity contribution < 1.29 is 23.5 Å². The molecule has 0 amide bonds. The molecule has 25 heavy (non-hydrogen) atoms. The van der Waals surface area contributed by atoms with E-state index in [-0.39, 0.29) is 23.8 Å². The third kappa shape index (κ3) is 2.05. The van der Waals surface area contributed by atoms with E-state index in [1.54, 1.807) is 13.2 Å². The smallest absolute Gasteiger partial charge is 0.341 e. The number of esters is 1. The van der Waals surface area contributed by atoms with E-state index in [1.165, 1.54) is 0 Å². The Morgan fingerprint density at radius 2 is 2.00 bits per heavy atom. The second-order valence-corrected chi connectivity index (χ2v) is 8.02. The van der Waals surface area contributed by atoms with Crippen LogP contribution in [0.3, 0.4) is 0 Å². The first-order chi connectivity index (χ1) is 11.7. The van der Waals surface area contributed by atoms with Crippen molar-refractivity contribution in [3.8, 4) is 0 Å². The van der Waals surface area contributed by atoms with Crippen LogP contribution in [0.2, 0.25) is 0 Å². The lowest BCUT2D eigenvalue weighted by Crippen LogP contribution is -2.46. The van der Waals surface area contributed by atoms with Crippen LogP contribution >= 0.6 is 0 Å². The van der Waals surface area contributed by atoms with Gasteiger partial charge in [0, 0.05) is 16.6 Å². The highest BCUT2D eigenvalue weighted by Gasteiger charge is 2.61. The highest BCUT2D eigenvalue weighted by Crippen LogP contribution is 2.58. The first kappa shape index (κ1) is 16.6. The van der Waals surface area contributed by atoms with Crippen LogP contribution in [0, 0.1) is 18.3 Å². The highest BCUT2D eigenvalue weighted by atomic mass is 16.7. The van der Waals surface area contributed by atoms with E-state index in [2.05, 4.69) is 6.92 Å². The molecule has 0 bridgehead atoms. The zero-order valence-electron chi connectivity index (χ0n) is 15.3. The van der Waals surface area contributed by atoms with Crippen molar-refractivity contribution in [2.24, 2.45) is 11.3 Å². The fourth-order valence-corrected chi connectivity index (χ4v) is 4.33. The predicted octanol–water partition coefficient (Wildman–Crippen LogP) is 3.91. The van der Waals surface area contributed by atoms with Gasteiger partial charge in [0.1, 0.15) is 6.10 Å². The zero-order valence-corrected chi connectivity index (χ0v) is 15.3. The fourth-order valence-electron chi connectivity index (χ4n) is 4.33. The largest absolute Gasteiger partial charge is 0.460 e. The number of furan rings is 1. The van der Waals surface area contributed by atoms with E-state index in [9.17, 15) is 9.59 Å². The molecule has 2 aliphatic carbocycles. The Balaban J connectivity index is 1.84. The van der Waals surface area contributed by atoms with E-state index < -0.39 is 17.1 Å². The second-order valence-electron chi connectivity index (χ2n) is 8.02. The molecule has 0 unspecified atom stereocenters. The molecule has 5 atom stereocenters. The van der Waals surface area contributed by atoms with Crippen LogP contribution < -0.4 is 0 Å². The number of Topliss-reactive ketones (excluding diaryl/α,β-unsaturated/α-hetero) is 1. The first-order valence-corrected chi connectivity index (χ1v) is 8.93. The van der Waals surface area contributed by atoms with Gasteiger partial charge < -0.3 is 13.9 Å². The number of ketones is 1. The van der Waals surface area contributed by atoms with Crippen molar-refractivity contribution in [3.05, 3.63) is 34.8 Å². The maximum Gasteiger partial charge on any atom is 0.341 e. The molecule has 1 aromatic rings. The molecule has 0 spiro atoms. The van der Waals surface area contributed by atoms with E-state index in [0.29, 0.717) is 16.9 Å². The van der Waals surface area contributed by atoms with Crippen LogP contribution in [0.15, 0.2) is 22.3 Å². The molecule has 0 N–H and O–H groups in total. The summed E-state index contributed by atoms with van der Waals surface area (Å²) in [4.78, 5) is 25.8. The summed E-state index contributed by atoms with van der Waals surface area (Å²) in [5.41, 5.74) is 0.817. The van der Waals surface area contributed by atoms with Gasteiger partial charge in [-0.3, -0.25) is 4.79 Å². The molecular formula is C20H24O5. The van der Waals surface area contributed by atoms with E-state index in [0.717, 1.165) is 18.4 Å². The number of carbonyl (C=O) groups is 2. The zero-order chi connectivity index (χ0) is 18.1. The molecule has 0 aromatic carbocycles. The molecule has 1 aliphatic heterocycles. The Labute approximate surface area is 147 Å². The number of epoxide rings is 1. The lowest BCUT2D eigenvalue weighted by molar-refractivity contribution is -0.163. The summed E-state index contributed by atoms with van der Waals surface area (Å²) in [6, 6.07) is 0. The topological polar surface area (TPSA) is 69.0 Å². The Bertz CT molecular complexity index is 803. The Morgan fingerprint density at radius 3 is 2.64 bits per heavy atom. The summed E-state index contributed by atoms with van der Waals surface area (Å²) in [6.07, 6.45) is 4.68. The summed E-state index contributed by atoms with van der Waals surface area (Å²) in [5.74, 6) is 0.0704. The highest BCUT2D eigenvalue weighted by molar-refractivity contribution is 6.10. The molecule has 0 radical (unpaired) electrons. The standard InChI is InChI=1S/C20H24O5/c1-10-9-23-16-14(10)17(24-18(22)20(5)12(3)25-20)19(4)11(2)7-6-8-13(19)15(16)21/h8-9,11-12,17H,6-7H2,1-5H3/t11-,12-,17-,19+,20-/m0/s1. The van der Waals surface area contributed by atoms with E-state index >= 15 is 0 Å². The van der Waals surface area contributed by atoms with Crippen molar-refractivity contribution in [2.45, 2.75) is 65.3 Å². The molecule has 1 saturated heterocycles. The van der Waals surface area contributed by atoms with Crippen molar-refractivity contribution >= 4 is 11.8 Å². The van der Waals surface area contributed by atoms with Gasteiger partial charge in [-0.15, -0.1) is 0 Å². The van der Waals surface area contributed by atoms with Crippen LogP contribution in [0.5, 0.6) is 0 Å². The molecule has 5 nitrogen and oxygen atoms in total. The molecule has 3 aliphatic rings. The van der Waals surface area contributed by atoms with Crippen LogP contribution in [-0.4, -0.2) is 23.5 Å². The van der Waals surface area contributed by atoms with Gasteiger partial charge in [-0.1, -0.05) is 19.9 Å². The van der Waals surface area contributed by atoms with Gasteiger partial charge in [0.15, 0.2) is 11.4 Å². The van der Waals surface area contributed by atoms with Gasteiger partial charge >= 0.3 is 5.97 Å². The van der Waals surface area contributed by atoms with Crippen molar-refractivity contribution in [1.29, 1.82) is 0 Å². The van der Waals surface area contributed by atoms with Crippen LogP contribution in [0.4, 0.5) is 0 Å². The first-order valence-electron chi connectivity index (χ1n) is 8.93. The number of rotatable bonds is 2. The maximum absolute atomic E-state index is 13.0. The monoisotopic (exact) mass is 344 g/mol. The van der Waals surface area contributed by atoms with Gasteiger partial charge in [-0.25, -0.2) is 4.79 Å². The summed E-state index contributed by atoms with van der Waals surface area (Å²) in [5, 5.41) is 0. The second kappa shape index (κ2) is 5.07.